The molecule has 5 saturated carbocycles. The van der Waals surface area contributed by atoms with Gasteiger partial charge in [0.05, 0.1) is 0 Å². The van der Waals surface area contributed by atoms with Gasteiger partial charge in [-0.1, -0.05) is 34.6 Å². The van der Waals surface area contributed by atoms with E-state index in [2.05, 4.69) is 34.6 Å². The number of fused-ring (bicyclic) bond motifs is 2. The lowest BCUT2D eigenvalue weighted by molar-refractivity contribution is -0.181. The molecule has 0 aromatic rings. The predicted molar refractivity (Wildman–Crippen MR) is 128 cm³/mol. The van der Waals surface area contributed by atoms with E-state index in [4.69, 9.17) is 4.74 Å². The summed E-state index contributed by atoms with van der Waals surface area (Å²) in [6.45, 7) is 13.9. The molecular formula is C29H46O4. The molecule has 9 atom stereocenters. The van der Waals surface area contributed by atoms with Gasteiger partial charge in [-0.05, 0) is 110 Å². The summed E-state index contributed by atoms with van der Waals surface area (Å²) in [5.41, 5.74) is 1.74. The van der Waals surface area contributed by atoms with Crippen LogP contribution in [0, 0.1) is 50.7 Å². The van der Waals surface area contributed by atoms with Crippen LogP contribution in [-0.2, 0) is 14.3 Å². The zero-order valence-corrected chi connectivity index (χ0v) is 21.8. The second-order valence-electron chi connectivity index (χ2n) is 14.0. The molecule has 0 heterocycles. The molecule has 0 amide bonds. The summed E-state index contributed by atoms with van der Waals surface area (Å²) in [6, 6.07) is 0. The number of carboxylic acid groups (broad SMARTS) is 1. The van der Waals surface area contributed by atoms with Crippen LogP contribution in [-0.4, -0.2) is 23.1 Å². The highest BCUT2D eigenvalue weighted by Gasteiger charge is 2.82. The normalized spacial score (nSPS) is 50.2. The van der Waals surface area contributed by atoms with Gasteiger partial charge in [-0.2, -0.15) is 0 Å². The van der Waals surface area contributed by atoms with Crippen LogP contribution in [0.5, 0.6) is 0 Å². The van der Waals surface area contributed by atoms with Gasteiger partial charge in [0, 0.05) is 18.8 Å². The van der Waals surface area contributed by atoms with E-state index in [1.807, 2.05) is 0 Å². The first kappa shape index (κ1) is 23.7. The fraction of sp³-hybridized carbons (Fsp3) is 0.931. The molecule has 5 aliphatic carbocycles. The first-order chi connectivity index (χ1) is 15.3. The molecule has 0 radical (unpaired) electrons. The Morgan fingerprint density at radius 1 is 0.909 bits per heavy atom. The van der Waals surface area contributed by atoms with Crippen LogP contribution in [0.4, 0.5) is 0 Å². The number of hydrogen-bond acceptors (Lipinski definition) is 3. The maximum Gasteiger partial charge on any atom is 0.303 e. The van der Waals surface area contributed by atoms with Crippen LogP contribution in [0.15, 0.2) is 0 Å². The van der Waals surface area contributed by atoms with Crippen molar-refractivity contribution in [2.75, 3.05) is 0 Å². The number of ether oxygens (including phenoxy) is 1. The Kier molecular flexibility index (Phi) is 5.19. The molecule has 5 fully saturated rings. The molecule has 5 unspecified atom stereocenters. The third-order valence-electron chi connectivity index (χ3n) is 12.9. The molecule has 186 valence electrons. The molecule has 1 N–H and O–H groups in total. The van der Waals surface area contributed by atoms with E-state index in [0.717, 1.165) is 18.8 Å². The zero-order valence-electron chi connectivity index (χ0n) is 21.8. The average molecular weight is 459 g/mol. The predicted octanol–water partition coefficient (Wildman–Crippen LogP) is 6.86. The quantitative estimate of drug-likeness (QED) is 0.457. The fourth-order valence-electron chi connectivity index (χ4n) is 11.3. The van der Waals surface area contributed by atoms with Gasteiger partial charge in [-0.25, -0.2) is 0 Å². The minimum atomic E-state index is -0.652. The van der Waals surface area contributed by atoms with Crippen molar-refractivity contribution in [3.05, 3.63) is 0 Å². The lowest BCUT2D eigenvalue weighted by atomic mass is 9.41. The van der Waals surface area contributed by atoms with Crippen LogP contribution in [0.1, 0.15) is 112 Å². The van der Waals surface area contributed by atoms with Crippen molar-refractivity contribution in [3.63, 3.8) is 0 Å². The maximum absolute atomic E-state index is 11.8. The van der Waals surface area contributed by atoms with Crippen molar-refractivity contribution in [2.45, 2.75) is 118 Å². The molecule has 0 saturated heterocycles. The fourth-order valence-corrected chi connectivity index (χ4v) is 11.3. The van der Waals surface area contributed by atoms with Crippen molar-refractivity contribution in [2.24, 2.45) is 50.7 Å². The molecule has 33 heavy (non-hydrogen) atoms. The monoisotopic (exact) mass is 458 g/mol. The van der Waals surface area contributed by atoms with Gasteiger partial charge >= 0.3 is 11.9 Å². The van der Waals surface area contributed by atoms with Crippen LogP contribution >= 0.6 is 0 Å². The Hall–Kier alpha value is -1.06. The molecule has 0 aromatic heterocycles. The van der Waals surface area contributed by atoms with Gasteiger partial charge in [-0.3, -0.25) is 9.59 Å². The van der Waals surface area contributed by atoms with Gasteiger partial charge in [0.15, 0.2) is 0 Å². The van der Waals surface area contributed by atoms with Gasteiger partial charge in [0.1, 0.15) is 6.10 Å². The topological polar surface area (TPSA) is 63.6 Å². The third kappa shape index (κ3) is 2.94. The molecule has 2 spiro atoms. The second kappa shape index (κ2) is 7.23. The SMILES string of the molecule is CC(=O)O[C@H]1CCC23CC24CCC2(C)[C@@H]([C@H](C)CCC(=O)O)CC[C@@]2(C)C4CCC3C1(C)C. The number of carbonyl (C=O) groups is 2. The number of carbonyl (C=O) groups excluding carboxylic acids is 1. The minimum Gasteiger partial charge on any atom is -0.481 e. The van der Waals surface area contributed by atoms with E-state index in [-0.39, 0.29) is 17.5 Å². The van der Waals surface area contributed by atoms with E-state index >= 15 is 0 Å². The summed E-state index contributed by atoms with van der Waals surface area (Å²) >= 11 is 0. The Morgan fingerprint density at radius 3 is 2.24 bits per heavy atom. The molecule has 4 heteroatoms. The molecule has 0 bridgehead atoms. The van der Waals surface area contributed by atoms with Crippen molar-refractivity contribution >= 4 is 11.9 Å². The largest absolute Gasteiger partial charge is 0.481 e. The van der Waals surface area contributed by atoms with Gasteiger partial charge in [0.2, 0.25) is 0 Å². The summed E-state index contributed by atoms with van der Waals surface area (Å²) in [5, 5.41) is 9.24. The van der Waals surface area contributed by atoms with Gasteiger partial charge in [0.25, 0.3) is 0 Å². The van der Waals surface area contributed by atoms with Gasteiger partial charge < -0.3 is 9.84 Å². The number of esters is 1. The Labute approximate surface area is 200 Å². The van der Waals surface area contributed by atoms with Crippen LogP contribution < -0.4 is 0 Å². The number of aliphatic carboxylic acids is 1. The standard InChI is InChI=1S/C29H46O4/c1-18(7-10-24(31)32)20-11-13-27(6)22-9-8-21-25(3,4)23(33-19(2)30)12-14-28(21)17-29(22,28)16-15-26(20,27)5/h18,20-23H,7-17H2,1-6H3,(H,31,32)/t18-,20-,21?,22?,23+,26?,27+,28?,29?/m1/s1. The number of rotatable bonds is 5. The Morgan fingerprint density at radius 2 is 1.58 bits per heavy atom. The van der Waals surface area contributed by atoms with Crippen LogP contribution in [0.3, 0.4) is 0 Å². The lowest BCUT2D eigenvalue weighted by Crippen LogP contribution is -2.58. The third-order valence-corrected chi connectivity index (χ3v) is 12.9. The summed E-state index contributed by atoms with van der Waals surface area (Å²) in [4.78, 5) is 23.0. The van der Waals surface area contributed by atoms with E-state index in [1.165, 1.54) is 51.4 Å². The highest BCUT2D eigenvalue weighted by Crippen LogP contribution is 2.89. The van der Waals surface area contributed by atoms with Crippen molar-refractivity contribution in [3.8, 4) is 0 Å². The smallest absolute Gasteiger partial charge is 0.303 e. The Bertz CT molecular complexity index is 849. The highest BCUT2D eigenvalue weighted by molar-refractivity contribution is 5.66. The van der Waals surface area contributed by atoms with Crippen molar-refractivity contribution < 1.29 is 19.4 Å². The number of hydrogen-bond donors (Lipinski definition) is 1. The zero-order chi connectivity index (χ0) is 24.0. The molecule has 5 rings (SSSR count). The average Bonchev–Trinajstić information content (AvgIpc) is 3.31. The highest BCUT2D eigenvalue weighted by atomic mass is 16.5. The summed E-state index contributed by atoms with van der Waals surface area (Å²) in [6.07, 6.45) is 12.7. The van der Waals surface area contributed by atoms with E-state index in [9.17, 15) is 14.7 Å². The number of carboxylic acids is 1. The lowest BCUT2D eigenvalue weighted by Gasteiger charge is -2.63. The van der Waals surface area contributed by atoms with Crippen molar-refractivity contribution in [1.82, 2.24) is 0 Å². The minimum absolute atomic E-state index is 0.0591. The van der Waals surface area contributed by atoms with E-state index in [1.54, 1.807) is 6.92 Å². The van der Waals surface area contributed by atoms with E-state index in [0.29, 0.717) is 45.8 Å². The van der Waals surface area contributed by atoms with Gasteiger partial charge in [-0.15, -0.1) is 0 Å². The summed E-state index contributed by atoms with van der Waals surface area (Å²) in [5.74, 6) is 1.84. The molecule has 0 aromatic carbocycles. The maximum atomic E-state index is 11.8. The van der Waals surface area contributed by atoms with E-state index < -0.39 is 5.97 Å². The molecular weight excluding hydrogens is 412 g/mol. The molecule has 0 aliphatic heterocycles. The summed E-state index contributed by atoms with van der Waals surface area (Å²) < 4.78 is 5.86. The molecule has 5 aliphatic rings. The Balaban J connectivity index is 1.41. The summed E-state index contributed by atoms with van der Waals surface area (Å²) in [7, 11) is 0. The molecule has 4 nitrogen and oxygen atoms in total. The van der Waals surface area contributed by atoms with Crippen LogP contribution in [0.25, 0.3) is 0 Å². The second-order valence-corrected chi connectivity index (χ2v) is 14.0. The van der Waals surface area contributed by atoms with Crippen LogP contribution in [0.2, 0.25) is 0 Å². The van der Waals surface area contributed by atoms with Crippen molar-refractivity contribution in [1.29, 1.82) is 0 Å². The first-order valence-corrected chi connectivity index (χ1v) is 13.7. The first-order valence-electron chi connectivity index (χ1n) is 13.7.